The zero-order valence-corrected chi connectivity index (χ0v) is 9.76. The van der Waals surface area contributed by atoms with Crippen LogP contribution in [0, 0.1) is 0 Å². The van der Waals surface area contributed by atoms with Crippen molar-refractivity contribution < 1.29 is 14.6 Å². The smallest absolute Gasteiger partial charge is 0.230 e. The second-order valence-electron chi connectivity index (χ2n) is 4.04. The Hall–Kier alpha value is -1.55. The Morgan fingerprint density at radius 3 is 2.94 bits per heavy atom. The Bertz CT molecular complexity index is 392. The molecule has 92 valence electrons. The molecule has 2 rings (SSSR count). The molecule has 1 amide bonds. The van der Waals surface area contributed by atoms with Crippen LogP contribution in [-0.2, 0) is 4.79 Å². The van der Waals surface area contributed by atoms with Crippen LogP contribution < -0.4 is 9.64 Å². The molecule has 1 heterocycles. The van der Waals surface area contributed by atoms with Gasteiger partial charge in [-0.1, -0.05) is 12.1 Å². The number of anilines is 1. The molecule has 0 radical (unpaired) electrons. The molecule has 0 bridgehead atoms. The molecular formula is C13H17NO3. The number of rotatable bonds is 4. The van der Waals surface area contributed by atoms with Crippen molar-refractivity contribution in [2.75, 3.05) is 24.7 Å². The van der Waals surface area contributed by atoms with Gasteiger partial charge in [0, 0.05) is 13.2 Å². The summed E-state index contributed by atoms with van der Waals surface area (Å²) in [6, 6.07) is 7.59. The summed E-state index contributed by atoms with van der Waals surface area (Å²) in [6.45, 7) is 1.24. The van der Waals surface area contributed by atoms with Crippen LogP contribution in [0.4, 0.5) is 5.69 Å². The maximum absolute atomic E-state index is 12.0. The Kier molecular flexibility index (Phi) is 3.98. The fraction of sp³-hybridized carbons (Fsp3) is 0.462. The normalized spacial score (nSPS) is 15.1. The zero-order valence-electron chi connectivity index (χ0n) is 9.76. The van der Waals surface area contributed by atoms with Crippen LogP contribution >= 0.6 is 0 Å². The van der Waals surface area contributed by atoms with Crippen molar-refractivity contribution in [3.05, 3.63) is 24.3 Å². The minimum Gasteiger partial charge on any atom is -0.491 e. The molecule has 4 heteroatoms. The summed E-state index contributed by atoms with van der Waals surface area (Å²) in [4.78, 5) is 13.7. The van der Waals surface area contributed by atoms with Gasteiger partial charge in [-0.05, 0) is 25.0 Å². The number of nitrogens with zero attached hydrogens (tertiary/aromatic N) is 1. The maximum atomic E-state index is 12.0. The average Bonchev–Trinajstić information content (AvgIpc) is 2.50. The lowest BCUT2D eigenvalue weighted by Crippen LogP contribution is -2.31. The first-order chi connectivity index (χ1) is 8.33. The van der Waals surface area contributed by atoms with Gasteiger partial charge < -0.3 is 14.7 Å². The largest absolute Gasteiger partial charge is 0.491 e. The van der Waals surface area contributed by atoms with Crippen LogP contribution in [-0.4, -0.2) is 30.8 Å². The van der Waals surface area contributed by atoms with E-state index in [2.05, 4.69) is 0 Å². The van der Waals surface area contributed by atoms with Gasteiger partial charge in [-0.3, -0.25) is 4.79 Å². The third-order valence-corrected chi connectivity index (χ3v) is 2.82. The van der Waals surface area contributed by atoms with Crippen LogP contribution in [0.1, 0.15) is 19.3 Å². The third kappa shape index (κ3) is 2.77. The van der Waals surface area contributed by atoms with Gasteiger partial charge in [-0.2, -0.15) is 0 Å². The highest BCUT2D eigenvalue weighted by atomic mass is 16.5. The van der Waals surface area contributed by atoms with Gasteiger partial charge in [0.1, 0.15) is 5.75 Å². The van der Waals surface area contributed by atoms with Crippen LogP contribution in [0.5, 0.6) is 5.75 Å². The van der Waals surface area contributed by atoms with E-state index < -0.39 is 0 Å². The minimum atomic E-state index is 0.0906. The number of aliphatic hydroxyl groups is 1. The number of amides is 1. The van der Waals surface area contributed by atoms with E-state index in [1.807, 2.05) is 24.3 Å². The van der Waals surface area contributed by atoms with Crippen LogP contribution in [0.15, 0.2) is 24.3 Å². The summed E-state index contributed by atoms with van der Waals surface area (Å²) in [6.07, 6.45) is 1.93. The molecule has 0 aliphatic carbocycles. The average molecular weight is 235 g/mol. The van der Waals surface area contributed by atoms with E-state index in [4.69, 9.17) is 9.84 Å². The van der Waals surface area contributed by atoms with Gasteiger partial charge in [0.25, 0.3) is 0 Å². The highest BCUT2D eigenvalue weighted by Crippen LogP contribution is 2.30. The molecule has 4 nitrogen and oxygen atoms in total. The van der Waals surface area contributed by atoms with Gasteiger partial charge in [0.05, 0.1) is 18.7 Å². The fourth-order valence-corrected chi connectivity index (χ4v) is 1.95. The zero-order chi connectivity index (χ0) is 12.1. The SMILES string of the molecule is O=C1CCOc2ccccc2N1CCCCO. The highest BCUT2D eigenvalue weighted by molar-refractivity contribution is 5.95. The molecule has 0 atom stereocenters. The number of ether oxygens (including phenoxy) is 1. The first-order valence-corrected chi connectivity index (χ1v) is 5.96. The van der Waals surface area contributed by atoms with Crippen LogP contribution in [0.2, 0.25) is 0 Å². The molecule has 1 aliphatic rings. The van der Waals surface area contributed by atoms with Crippen molar-refractivity contribution in [3.63, 3.8) is 0 Å². The number of unbranched alkanes of at least 4 members (excludes halogenated alkanes) is 1. The molecular weight excluding hydrogens is 218 g/mol. The summed E-state index contributed by atoms with van der Waals surface area (Å²) in [7, 11) is 0. The van der Waals surface area contributed by atoms with Crippen molar-refractivity contribution in [3.8, 4) is 5.75 Å². The Morgan fingerprint density at radius 2 is 2.12 bits per heavy atom. The topological polar surface area (TPSA) is 49.8 Å². The quantitative estimate of drug-likeness (QED) is 0.806. The summed E-state index contributed by atoms with van der Waals surface area (Å²) in [5.41, 5.74) is 0.841. The molecule has 17 heavy (non-hydrogen) atoms. The maximum Gasteiger partial charge on any atom is 0.230 e. The van der Waals surface area contributed by atoms with E-state index in [1.54, 1.807) is 4.90 Å². The lowest BCUT2D eigenvalue weighted by molar-refractivity contribution is -0.118. The van der Waals surface area contributed by atoms with Gasteiger partial charge in [0.15, 0.2) is 0 Å². The van der Waals surface area contributed by atoms with Crippen LogP contribution in [0.3, 0.4) is 0 Å². The molecule has 1 aromatic rings. The number of para-hydroxylation sites is 2. The number of aliphatic hydroxyl groups excluding tert-OH is 1. The van der Waals surface area contributed by atoms with E-state index in [1.165, 1.54) is 0 Å². The van der Waals surface area contributed by atoms with E-state index in [9.17, 15) is 4.79 Å². The van der Waals surface area contributed by atoms with E-state index in [0.29, 0.717) is 26.0 Å². The highest BCUT2D eigenvalue weighted by Gasteiger charge is 2.22. The van der Waals surface area contributed by atoms with Crippen molar-refractivity contribution >= 4 is 11.6 Å². The van der Waals surface area contributed by atoms with E-state index in [0.717, 1.165) is 17.9 Å². The van der Waals surface area contributed by atoms with Gasteiger partial charge in [-0.25, -0.2) is 0 Å². The van der Waals surface area contributed by atoms with Crippen molar-refractivity contribution in [2.45, 2.75) is 19.3 Å². The van der Waals surface area contributed by atoms with Gasteiger partial charge >= 0.3 is 0 Å². The van der Waals surface area contributed by atoms with Gasteiger partial charge in [-0.15, -0.1) is 0 Å². The number of hydrogen-bond acceptors (Lipinski definition) is 3. The molecule has 1 aliphatic heterocycles. The lowest BCUT2D eigenvalue weighted by atomic mass is 10.2. The number of carbonyl (C=O) groups is 1. The summed E-state index contributed by atoms with van der Waals surface area (Å²) in [5, 5.41) is 8.78. The minimum absolute atomic E-state index is 0.0906. The van der Waals surface area contributed by atoms with Crippen molar-refractivity contribution in [1.82, 2.24) is 0 Å². The fourth-order valence-electron chi connectivity index (χ4n) is 1.95. The first-order valence-electron chi connectivity index (χ1n) is 5.96. The predicted octanol–water partition coefficient (Wildman–Crippen LogP) is 1.57. The summed E-state index contributed by atoms with van der Waals surface area (Å²) < 4.78 is 5.54. The van der Waals surface area contributed by atoms with E-state index >= 15 is 0 Å². The Balaban J connectivity index is 2.18. The summed E-state index contributed by atoms with van der Waals surface area (Å²) >= 11 is 0. The van der Waals surface area contributed by atoms with Gasteiger partial charge in [0.2, 0.25) is 5.91 Å². The van der Waals surface area contributed by atoms with Crippen molar-refractivity contribution in [2.24, 2.45) is 0 Å². The Labute approximate surface area is 101 Å². The van der Waals surface area contributed by atoms with Crippen molar-refractivity contribution in [1.29, 1.82) is 0 Å². The van der Waals surface area contributed by atoms with Crippen LogP contribution in [0.25, 0.3) is 0 Å². The third-order valence-electron chi connectivity index (χ3n) is 2.82. The number of benzene rings is 1. The number of fused-ring (bicyclic) bond motifs is 1. The molecule has 1 N–H and O–H groups in total. The number of carbonyl (C=O) groups excluding carboxylic acids is 1. The lowest BCUT2D eigenvalue weighted by Gasteiger charge is -2.21. The molecule has 1 aromatic carbocycles. The molecule has 0 saturated heterocycles. The first kappa shape index (κ1) is 11.9. The monoisotopic (exact) mass is 235 g/mol. The second kappa shape index (κ2) is 5.68. The second-order valence-corrected chi connectivity index (χ2v) is 4.04. The predicted molar refractivity (Wildman–Crippen MR) is 65.2 cm³/mol. The molecule has 0 aromatic heterocycles. The summed E-state index contributed by atoms with van der Waals surface area (Å²) in [5.74, 6) is 0.857. The molecule has 0 fully saturated rings. The standard InChI is InChI=1S/C13H17NO3/c15-9-4-3-8-14-11-5-1-2-6-12(11)17-10-7-13(14)16/h1-2,5-6,15H,3-4,7-10H2. The molecule has 0 saturated carbocycles. The molecule has 0 spiro atoms. The van der Waals surface area contributed by atoms with E-state index in [-0.39, 0.29) is 12.5 Å². The number of hydrogen-bond donors (Lipinski definition) is 1. The Morgan fingerprint density at radius 1 is 1.29 bits per heavy atom. The molecule has 0 unspecified atom stereocenters.